The molecule has 0 fully saturated rings. The van der Waals surface area contributed by atoms with E-state index in [-0.39, 0.29) is 24.8 Å². The summed E-state index contributed by atoms with van der Waals surface area (Å²) in [5.74, 6) is 0.991. The molecule has 2 aromatic rings. The van der Waals surface area contributed by atoms with Crippen molar-refractivity contribution in [2.45, 2.75) is 13.5 Å². The highest BCUT2D eigenvalue weighted by atomic mass is 35.5. The fourth-order valence-corrected chi connectivity index (χ4v) is 1.44. The largest absolute Gasteiger partial charge is 0.326 e. The summed E-state index contributed by atoms with van der Waals surface area (Å²) in [6, 6.07) is 8.18. The van der Waals surface area contributed by atoms with Crippen molar-refractivity contribution in [1.29, 1.82) is 0 Å². The smallest absolute Gasteiger partial charge is 0.110 e. The number of hydrogen-bond donors (Lipinski definition) is 1. The van der Waals surface area contributed by atoms with Crippen LogP contribution < -0.4 is 5.73 Å². The number of aryl methyl sites for hydroxylation is 1. The van der Waals surface area contributed by atoms with E-state index in [4.69, 9.17) is 5.73 Å². The summed E-state index contributed by atoms with van der Waals surface area (Å²) in [6.45, 7) is 2.57. The molecule has 3 nitrogen and oxygen atoms in total. The first-order valence-electron chi connectivity index (χ1n) is 4.60. The summed E-state index contributed by atoms with van der Waals surface area (Å²) in [5.41, 5.74) is 7.80. The predicted octanol–water partition coefficient (Wildman–Crippen LogP) is 2.48. The molecule has 0 atom stereocenters. The minimum atomic E-state index is 0. The van der Waals surface area contributed by atoms with Crippen LogP contribution in [0.25, 0.3) is 5.69 Å². The summed E-state index contributed by atoms with van der Waals surface area (Å²) in [7, 11) is 0. The van der Waals surface area contributed by atoms with Gasteiger partial charge in [-0.25, -0.2) is 4.98 Å². The quantitative estimate of drug-likeness (QED) is 0.901. The Bertz CT molecular complexity index is 423. The van der Waals surface area contributed by atoms with Crippen LogP contribution in [0.5, 0.6) is 0 Å². The van der Waals surface area contributed by atoms with E-state index in [0.717, 1.165) is 17.1 Å². The highest BCUT2D eigenvalue weighted by molar-refractivity contribution is 5.85. The normalized spacial score (nSPS) is 9.12. The van der Waals surface area contributed by atoms with Gasteiger partial charge < -0.3 is 10.3 Å². The van der Waals surface area contributed by atoms with E-state index < -0.39 is 0 Å². The van der Waals surface area contributed by atoms with Crippen molar-refractivity contribution in [3.63, 3.8) is 0 Å². The Hall–Kier alpha value is -1.03. The molecule has 1 aromatic carbocycles. The lowest BCUT2D eigenvalue weighted by Gasteiger charge is -2.05. The number of imidazole rings is 1. The van der Waals surface area contributed by atoms with Gasteiger partial charge >= 0.3 is 0 Å². The molecule has 2 N–H and O–H groups in total. The molecule has 1 aromatic heterocycles. The fraction of sp³-hybridized carbons (Fsp3) is 0.182. The van der Waals surface area contributed by atoms with Gasteiger partial charge in [-0.2, -0.15) is 0 Å². The molecule has 16 heavy (non-hydrogen) atoms. The van der Waals surface area contributed by atoms with Crippen molar-refractivity contribution in [1.82, 2.24) is 9.55 Å². The molecule has 0 aliphatic carbocycles. The topological polar surface area (TPSA) is 43.8 Å². The second-order valence-corrected chi connectivity index (χ2v) is 3.22. The van der Waals surface area contributed by atoms with E-state index in [1.807, 2.05) is 29.8 Å². The molecule has 0 spiro atoms. The highest BCUT2D eigenvalue weighted by Crippen LogP contribution is 2.11. The minimum absolute atomic E-state index is 0. The van der Waals surface area contributed by atoms with Crippen LogP contribution in [-0.4, -0.2) is 9.55 Å². The van der Waals surface area contributed by atoms with Crippen LogP contribution in [0.1, 0.15) is 11.4 Å². The maximum atomic E-state index is 5.53. The summed E-state index contributed by atoms with van der Waals surface area (Å²) < 4.78 is 2.04. The van der Waals surface area contributed by atoms with E-state index >= 15 is 0 Å². The second-order valence-electron chi connectivity index (χ2n) is 3.22. The Balaban J connectivity index is 0.00000112. The van der Waals surface area contributed by atoms with Gasteiger partial charge in [-0.1, -0.05) is 12.1 Å². The molecule has 5 heteroatoms. The summed E-state index contributed by atoms with van der Waals surface area (Å²) in [4.78, 5) is 4.17. The maximum Gasteiger partial charge on any atom is 0.110 e. The number of hydrogen-bond acceptors (Lipinski definition) is 2. The Kier molecular flexibility index (Phi) is 6.11. The Morgan fingerprint density at radius 3 is 2.25 bits per heavy atom. The lowest BCUT2D eigenvalue weighted by atomic mass is 10.2. The van der Waals surface area contributed by atoms with Crippen molar-refractivity contribution in [2.24, 2.45) is 5.73 Å². The SMILES string of the molecule is Cc1nccn1-c1ccc(CN)cc1.Cl.Cl. The zero-order chi connectivity index (χ0) is 9.97. The van der Waals surface area contributed by atoms with Crippen molar-refractivity contribution >= 4 is 24.8 Å². The van der Waals surface area contributed by atoms with Crippen molar-refractivity contribution in [3.05, 3.63) is 48.0 Å². The molecule has 1 heterocycles. The van der Waals surface area contributed by atoms with Gasteiger partial charge in [-0.3, -0.25) is 0 Å². The lowest BCUT2D eigenvalue weighted by molar-refractivity contribution is 0.970. The van der Waals surface area contributed by atoms with E-state index in [2.05, 4.69) is 17.1 Å². The van der Waals surface area contributed by atoms with Crippen molar-refractivity contribution < 1.29 is 0 Å². The third kappa shape index (κ3) is 2.98. The van der Waals surface area contributed by atoms with Gasteiger partial charge in [0.2, 0.25) is 0 Å². The molecule has 0 unspecified atom stereocenters. The number of rotatable bonds is 2. The standard InChI is InChI=1S/C11H13N3.2ClH/c1-9-13-6-7-14(9)11-4-2-10(8-12)3-5-11;;/h2-7H,8,12H2,1H3;2*1H. The Labute approximate surface area is 108 Å². The van der Waals surface area contributed by atoms with E-state index in [1.165, 1.54) is 0 Å². The fourth-order valence-electron chi connectivity index (χ4n) is 1.44. The molecule has 0 saturated heterocycles. The molecule has 2 rings (SSSR count). The number of aromatic nitrogens is 2. The zero-order valence-electron chi connectivity index (χ0n) is 8.96. The van der Waals surface area contributed by atoms with Gasteiger partial charge in [-0.15, -0.1) is 24.8 Å². The molecule has 0 aliphatic heterocycles. The number of nitrogens with zero attached hydrogens (tertiary/aromatic N) is 2. The minimum Gasteiger partial charge on any atom is -0.326 e. The highest BCUT2D eigenvalue weighted by Gasteiger charge is 1.99. The Morgan fingerprint density at radius 1 is 1.19 bits per heavy atom. The van der Waals surface area contributed by atoms with Crippen molar-refractivity contribution in [2.75, 3.05) is 0 Å². The van der Waals surface area contributed by atoms with Gasteiger partial charge in [0.25, 0.3) is 0 Å². The van der Waals surface area contributed by atoms with Crippen LogP contribution in [0, 0.1) is 6.92 Å². The Morgan fingerprint density at radius 2 is 1.81 bits per heavy atom. The molecular weight excluding hydrogens is 245 g/mol. The van der Waals surface area contributed by atoms with Gasteiger partial charge in [0.1, 0.15) is 5.82 Å². The molecule has 88 valence electrons. The third-order valence-electron chi connectivity index (χ3n) is 2.28. The van der Waals surface area contributed by atoms with Crippen LogP contribution in [-0.2, 0) is 6.54 Å². The number of nitrogens with two attached hydrogens (primary N) is 1. The predicted molar refractivity (Wildman–Crippen MR) is 70.7 cm³/mol. The van der Waals surface area contributed by atoms with Crippen molar-refractivity contribution in [3.8, 4) is 5.69 Å². The van der Waals surface area contributed by atoms with Gasteiger partial charge in [0, 0.05) is 24.6 Å². The van der Waals surface area contributed by atoms with Crippen LogP contribution >= 0.6 is 24.8 Å². The van der Waals surface area contributed by atoms with Crippen LogP contribution in [0.15, 0.2) is 36.7 Å². The van der Waals surface area contributed by atoms with Crippen LogP contribution in [0.4, 0.5) is 0 Å². The molecule has 0 bridgehead atoms. The van der Waals surface area contributed by atoms with E-state index in [1.54, 1.807) is 6.20 Å². The first-order valence-corrected chi connectivity index (χ1v) is 4.60. The van der Waals surface area contributed by atoms with Gasteiger partial charge in [0.15, 0.2) is 0 Å². The van der Waals surface area contributed by atoms with Crippen LogP contribution in [0.3, 0.4) is 0 Å². The van der Waals surface area contributed by atoms with E-state index in [0.29, 0.717) is 6.54 Å². The summed E-state index contributed by atoms with van der Waals surface area (Å²) in [5, 5.41) is 0. The van der Waals surface area contributed by atoms with Crippen LogP contribution in [0.2, 0.25) is 0 Å². The van der Waals surface area contributed by atoms with Gasteiger partial charge in [-0.05, 0) is 24.6 Å². The molecule has 0 saturated carbocycles. The molecular formula is C11H15Cl2N3. The number of halogens is 2. The molecule has 0 radical (unpaired) electrons. The lowest BCUT2D eigenvalue weighted by Crippen LogP contribution is -1.98. The van der Waals surface area contributed by atoms with Gasteiger partial charge in [0.05, 0.1) is 0 Å². The average molecular weight is 260 g/mol. The second kappa shape index (κ2) is 6.53. The summed E-state index contributed by atoms with van der Waals surface area (Å²) in [6.07, 6.45) is 3.75. The monoisotopic (exact) mass is 259 g/mol. The summed E-state index contributed by atoms with van der Waals surface area (Å²) >= 11 is 0. The first kappa shape index (κ1) is 15.0. The molecule has 0 amide bonds. The first-order chi connectivity index (χ1) is 6.81. The average Bonchev–Trinajstić information content (AvgIpc) is 2.65. The maximum absolute atomic E-state index is 5.53. The zero-order valence-corrected chi connectivity index (χ0v) is 10.6. The molecule has 0 aliphatic rings. The number of benzene rings is 1. The third-order valence-corrected chi connectivity index (χ3v) is 2.28. The van der Waals surface area contributed by atoms with E-state index in [9.17, 15) is 0 Å².